The van der Waals surface area contributed by atoms with E-state index in [9.17, 15) is 8.42 Å². The van der Waals surface area contributed by atoms with E-state index in [1.54, 1.807) is 23.5 Å². The molecule has 1 aliphatic carbocycles. The third kappa shape index (κ3) is 4.95. The zero-order valence-electron chi connectivity index (χ0n) is 14.9. The largest absolute Gasteiger partial charge is 0.356 e. The molecule has 0 aromatic heterocycles. The molecule has 0 radical (unpaired) electrons. The molecule has 0 spiro atoms. The van der Waals surface area contributed by atoms with Crippen LogP contribution >= 0.6 is 0 Å². The van der Waals surface area contributed by atoms with Crippen molar-refractivity contribution < 1.29 is 8.42 Å². The minimum Gasteiger partial charge on any atom is -0.356 e. The fourth-order valence-corrected chi connectivity index (χ4v) is 4.63. The standard InChI is InChI=1S/C18H28N4O2S/c1-19-18(20-13-15-8-9-15)21-14-16-6-5-7-17(12-16)25(23,24)22-10-3-2-4-11-22/h5-7,12,15H,2-4,8-11,13-14H2,1H3,(H2,19,20,21). The maximum atomic E-state index is 12.8. The van der Waals surface area contributed by atoms with Crippen molar-refractivity contribution >= 4 is 16.0 Å². The van der Waals surface area contributed by atoms with Crippen molar-refractivity contribution in [2.75, 3.05) is 26.7 Å². The molecule has 138 valence electrons. The van der Waals surface area contributed by atoms with Crippen molar-refractivity contribution in [3.63, 3.8) is 0 Å². The van der Waals surface area contributed by atoms with Gasteiger partial charge in [-0.1, -0.05) is 18.6 Å². The van der Waals surface area contributed by atoms with Gasteiger partial charge >= 0.3 is 0 Å². The quantitative estimate of drug-likeness (QED) is 0.598. The fourth-order valence-electron chi connectivity index (χ4n) is 3.04. The molecule has 1 heterocycles. The molecular formula is C18H28N4O2S. The first-order chi connectivity index (χ1) is 12.1. The summed E-state index contributed by atoms with van der Waals surface area (Å²) >= 11 is 0. The van der Waals surface area contributed by atoms with Gasteiger partial charge in [0.2, 0.25) is 10.0 Å². The Kier molecular flexibility index (Phi) is 5.96. The van der Waals surface area contributed by atoms with Gasteiger partial charge in [0.1, 0.15) is 0 Å². The Labute approximate surface area is 150 Å². The van der Waals surface area contributed by atoms with Crippen molar-refractivity contribution in [1.29, 1.82) is 0 Å². The highest BCUT2D eigenvalue weighted by molar-refractivity contribution is 7.89. The molecular weight excluding hydrogens is 336 g/mol. The molecule has 0 unspecified atom stereocenters. The van der Waals surface area contributed by atoms with Crippen molar-refractivity contribution in [1.82, 2.24) is 14.9 Å². The van der Waals surface area contributed by atoms with Gasteiger partial charge in [0, 0.05) is 33.2 Å². The lowest BCUT2D eigenvalue weighted by Crippen LogP contribution is -2.38. The lowest BCUT2D eigenvalue weighted by Gasteiger charge is -2.26. The first kappa shape index (κ1) is 18.2. The van der Waals surface area contributed by atoms with Crippen molar-refractivity contribution in [2.45, 2.75) is 43.5 Å². The average Bonchev–Trinajstić information content (AvgIpc) is 3.47. The van der Waals surface area contributed by atoms with Gasteiger partial charge in [-0.3, -0.25) is 4.99 Å². The van der Waals surface area contributed by atoms with Gasteiger partial charge in [0.25, 0.3) is 0 Å². The summed E-state index contributed by atoms with van der Waals surface area (Å²) in [5.41, 5.74) is 0.937. The Morgan fingerprint density at radius 2 is 1.96 bits per heavy atom. The van der Waals surface area contributed by atoms with Gasteiger partial charge in [0.15, 0.2) is 5.96 Å². The van der Waals surface area contributed by atoms with Gasteiger partial charge in [-0.15, -0.1) is 0 Å². The molecule has 6 nitrogen and oxygen atoms in total. The van der Waals surface area contributed by atoms with Gasteiger partial charge in [0.05, 0.1) is 4.90 Å². The van der Waals surface area contributed by atoms with Crippen molar-refractivity contribution in [3.05, 3.63) is 29.8 Å². The van der Waals surface area contributed by atoms with Gasteiger partial charge in [-0.2, -0.15) is 4.31 Å². The summed E-state index contributed by atoms with van der Waals surface area (Å²) in [5.74, 6) is 1.53. The van der Waals surface area contributed by atoms with Crippen LogP contribution in [0, 0.1) is 5.92 Å². The van der Waals surface area contributed by atoms with E-state index >= 15 is 0 Å². The van der Waals surface area contributed by atoms with Crippen LogP contribution in [-0.4, -0.2) is 45.4 Å². The molecule has 1 aliphatic heterocycles. The summed E-state index contributed by atoms with van der Waals surface area (Å²) < 4.78 is 27.2. The van der Waals surface area contributed by atoms with Gasteiger partial charge in [-0.25, -0.2) is 8.42 Å². The monoisotopic (exact) mass is 364 g/mol. The topological polar surface area (TPSA) is 73.8 Å². The Balaban J connectivity index is 1.62. The Morgan fingerprint density at radius 3 is 2.64 bits per heavy atom. The van der Waals surface area contributed by atoms with E-state index in [1.807, 2.05) is 12.1 Å². The van der Waals surface area contributed by atoms with E-state index in [2.05, 4.69) is 15.6 Å². The molecule has 3 rings (SSSR count). The summed E-state index contributed by atoms with van der Waals surface area (Å²) in [6.45, 7) is 2.75. The van der Waals surface area contributed by atoms with E-state index in [0.717, 1.165) is 43.2 Å². The molecule has 1 saturated carbocycles. The summed E-state index contributed by atoms with van der Waals surface area (Å²) in [4.78, 5) is 4.60. The molecule has 0 atom stereocenters. The number of hydrogen-bond donors (Lipinski definition) is 2. The lowest BCUT2D eigenvalue weighted by atomic mass is 10.2. The summed E-state index contributed by atoms with van der Waals surface area (Å²) in [7, 11) is -1.63. The minimum absolute atomic E-state index is 0.384. The highest BCUT2D eigenvalue weighted by Crippen LogP contribution is 2.27. The number of rotatable bonds is 6. The Bertz CT molecular complexity index is 708. The predicted octanol–water partition coefficient (Wildman–Crippen LogP) is 1.94. The molecule has 0 bridgehead atoms. The molecule has 1 aromatic rings. The highest BCUT2D eigenvalue weighted by Gasteiger charge is 2.26. The third-order valence-electron chi connectivity index (χ3n) is 4.79. The number of piperidine rings is 1. The van der Waals surface area contributed by atoms with Crippen molar-refractivity contribution in [3.8, 4) is 0 Å². The van der Waals surface area contributed by atoms with Crippen molar-refractivity contribution in [2.24, 2.45) is 10.9 Å². The second-order valence-electron chi connectivity index (χ2n) is 6.86. The van der Waals surface area contributed by atoms with Gasteiger partial charge < -0.3 is 10.6 Å². The number of sulfonamides is 1. The fraction of sp³-hybridized carbons (Fsp3) is 0.611. The van der Waals surface area contributed by atoms with Crippen LogP contribution in [-0.2, 0) is 16.6 Å². The number of nitrogens with zero attached hydrogens (tertiary/aromatic N) is 2. The maximum Gasteiger partial charge on any atom is 0.243 e. The van der Waals surface area contributed by atoms with Crippen LogP contribution in [0.2, 0.25) is 0 Å². The molecule has 25 heavy (non-hydrogen) atoms. The SMILES string of the molecule is CN=C(NCc1cccc(S(=O)(=O)N2CCCCC2)c1)NCC1CC1. The number of nitrogens with one attached hydrogen (secondary N) is 2. The Morgan fingerprint density at radius 1 is 1.20 bits per heavy atom. The number of hydrogen-bond acceptors (Lipinski definition) is 3. The van der Waals surface area contributed by atoms with Crippen LogP contribution in [0.1, 0.15) is 37.7 Å². The number of guanidine groups is 1. The minimum atomic E-state index is -3.38. The summed E-state index contributed by atoms with van der Waals surface area (Å²) in [5, 5.41) is 6.57. The molecule has 2 N–H and O–H groups in total. The van der Waals surface area contributed by atoms with E-state index < -0.39 is 10.0 Å². The van der Waals surface area contributed by atoms with E-state index in [1.165, 1.54) is 12.8 Å². The maximum absolute atomic E-state index is 12.8. The van der Waals surface area contributed by atoms with Crippen LogP contribution in [0.4, 0.5) is 0 Å². The number of aliphatic imine (C=N–C) groups is 1. The summed E-state index contributed by atoms with van der Waals surface area (Å²) in [6.07, 6.45) is 5.59. The number of benzene rings is 1. The van der Waals surface area contributed by atoms with E-state index in [-0.39, 0.29) is 0 Å². The molecule has 2 aliphatic rings. The Hall–Kier alpha value is -1.60. The average molecular weight is 365 g/mol. The summed E-state index contributed by atoms with van der Waals surface area (Å²) in [6, 6.07) is 7.21. The zero-order chi connectivity index (χ0) is 17.7. The molecule has 2 fully saturated rings. The van der Waals surface area contributed by atoms with Crippen LogP contribution in [0.3, 0.4) is 0 Å². The van der Waals surface area contributed by atoms with Gasteiger partial charge in [-0.05, 0) is 49.3 Å². The first-order valence-corrected chi connectivity index (χ1v) is 10.6. The van der Waals surface area contributed by atoms with Crippen LogP contribution in [0.15, 0.2) is 34.2 Å². The molecule has 1 saturated heterocycles. The van der Waals surface area contributed by atoms with E-state index in [4.69, 9.17) is 0 Å². The lowest BCUT2D eigenvalue weighted by molar-refractivity contribution is 0.346. The molecule has 0 amide bonds. The molecule has 7 heteroatoms. The normalized spacial score (nSPS) is 19.6. The highest BCUT2D eigenvalue weighted by atomic mass is 32.2. The second kappa shape index (κ2) is 8.19. The second-order valence-corrected chi connectivity index (χ2v) is 8.80. The first-order valence-electron chi connectivity index (χ1n) is 9.13. The van der Waals surface area contributed by atoms with E-state index in [0.29, 0.717) is 24.5 Å². The van der Waals surface area contributed by atoms with Crippen LogP contribution < -0.4 is 10.6 Å². The van der Waals surface area contributed by atoms with Crippen LogP contribution in [0.5, 0.6) is 0 Å². The zero-order valence-corrected chi connectivity index (χ0v) is 15.7. The predicted molar refractivity (Wildman–Crippen MR) is 100.0 cm³/mol. The molecule has 1 aromatic carbocycles. The third-order valence-corrected chi connectivity index (χ3v) is 6.68. The smallest absolute Gasteiger partial charge is 0.243 e. The van der Waals surface area contributed by atoms with Crippen LogP contribution in [0.25, 0.3) is 0 Å².